The van der Waals surface area contributed by atoms with Crippen molar-refractivity contribution in [3.8, 4) is 11.8 Å². The van der Waals surface area contributed by atoms with Crippen LogP contribution in [-0.4, -0.2) is 32.9 Å². The fourth-order valence-corrected chi connectivity index (χ4v) is 4.10. The summed E-state index contributed by atoms with van der Waals surface area (Å²) in [6.45, 7) is 8.68. The Morgan fingerprint density at radius 3 is 2.67 bits per heavy atom. The van der Waals surface area contributed by atoms with Gasteiger partial charge < -0.3 is 9.47 Å². The lowest BCUT2D eigenvalue weighted by Crippen LogP contribution is -2.09. The summed E-state index contributed by atoms with van der Waals surface area (Å²) < 4.78 is 12.9. The minimum Gasteiger partial charge on any atom is -0.478 e. The quantitative estimate of drug-likeness (QED) is 0.699. The van der Waals surface area contributed by atoms with Gasteiger partial charge in [0.1, 0.15) is 4.49 Å². The van der Waals surface area contributed by atoms with Crippen LogP contribution < -0.4 is 14.3 Å². The van der Waals surface area contributed by atoms with Crippen molar-refractivity contribution < 1.29 is 14.3 Å². The summed E-state index contributed by atoms with van der Waals surface area (Å²) in [5.74, 6) is 0.755. The van der Waals surface area contributed by atoms with Crippen molar-refractivity contribution in [2.45, 2.75) is 27.7 Å². The van der Waals surface area contributed by atoms with Crippen LogP contribution in [0.1, 0.15) is 27.7 Å². The van der Waals surface area contributed by atoms with Gasteiger partial charge in [-0.25, -0.2) is 0 Å². The Kier molecular flexibility index (Phi) is 5.79. The van der Waals surface area contributed by atoms with Gasteiger partial charge in [-0.15, -0.1) is 0 Å². The van der Waals surface area contributed by atoms with Crippen LogP contribution in [0.2, 0.25) is 0 Å². The first-order chi connectivity index (χ1) is 12.8. The highest BCUT2D eigenvalue weighted by Gasteiger charge is 2.60. The number of carbonyl (C=O) groups excluding carboxylic acids is 1. The molecule has 7 nitrogen and oxygen atoms in total. The second-order valence-electron chi connectivity index (χ2n) is 6.61. The number of hydrogen-bond donors (Lipinski definition) is 0. The Morgan fingerprint density at radius 2 is 2.04 bits per heavy atom. The van der Waals surface area contributed by atoms with E-state index in [1.165, 1.54) is 11.5 Å². The number of rotatable bonds is 6. The van der Waals surface area contributed by atoms with E-state index in [1.54, 1.807) is 15.9 Å². The number of halogens is 2. The molecule has 1 aliphatic rings. The molecule has 0 aromatic carbocycles. The molecule has 0 aliphatic heterocycles. The molecule has 27 heavy (non-hydrogen) atoms. The van der Waals surface area contributed by atoms with Crippen LogP contribution in [0.15, 0.2) is 21.6 Å². The summed E-state index contributed by atoms with van der Waals surface area (Å²) in [5, 5.41) is 0. The highest BCUT2D eigenvalue weighted by Crippen LogP contribution is 2.60. The highest BCUT2D eigenvalue weighted by atomic mass is 35.5. The molecule has 10 heteroatoms. The Hall–Kier alpha value is -1.64. The maximum Gasteiger partial charge on any atom is 0.252 e. The van der Waals surface area contributed by atoms with Gasteiger partial charge >= 0.3 is 0 Å². The highest BCUT2D eigenvalue weighted by molar-refractivity contribution is 7.03. The van der Waals surface area contributed by atoms with E-state index >= 15 is 0 Å². The molecule has 1 aliphatic carbocycles. The van der Waals surface area contributed by atoms with Crippen molar-refractivity contribution in [3.05, 3.63) is 21.4 Å². The Morgan fingerprint density at radius 1 is 1.33 bits per heavy atom. The number of aromatic nitrogens is 3. The van der Waals surface area contributed by atoms with E-state index in [9.17, 15) is 4.79 Å². The molecule has 0 bridgehead atoms. The number of hydrogen-bond acceptors (Lipinski definition) is 6. The van der Waals surface area contributed by atoms with Crippen LogP contribution in [0.4, 0.5) is 0 Å². The fraction of sp³-hybridized carbons (Fsp3) is 0.529. The molecule has 2 heterocycles. The van der Waals surface area contributed by atoms with Gasteiger partial charge in [0.25, 0.3) is 11.7 Å². The van der Waals surface area contributed by atoms with Gasteiger partial charge in [0.2, 0.25) is 16.6 Å². The van der Waals surface area contributed by atoms with Crippen molar-refractivity contribution in [2.24, 2.45) is 22.2 Å². The molecule has 3 rings (SSSR count). The molecule has 0 radical (unpaired) electrons. The molecule has 1 fully saturated rings. The van der Waals surface area contributed by atoms with Gasteiger partial charge in [-0.05, 0) is 42.8 Å². The number of allylic oxidation sites excluding steroid dienone is 1. The average molecular weight is 431 g/mol. The minimum absolute atomic E-state index is 0.0394. The molecule has 0 spiro atoms. The average Bonchev–Trinajstić information content (AvgIpc) is 2.90. The molecule has 2 aromatic heterocycles. The molecule has 0 unspecified atom stereocenters. The first-order valence-corrected chi connectivity index (χ1v) is 10.1. The molecule has 1 amide bonds. The summed E-state index contributed by atoms with van der Waals surface area (Å²) >= 11 is 12.7. The molecule has 1 saturated carbocycles. The monoisotopic (exact) mass is 430 g/mol. The van der Waals surface area contributed by atoms with E-state index in [0.717, 1.165) is 0 Å². The summed E-state index contributed by atoms with van der Waals surface area (Å²) in [6, 6.07) is 1.69. The predicted octanol–water partition coefficient (Wildman–Crippen LogP) is 3.61. The molecule has 2 atom stereocenters. The summed E-state index contributed by atoms with van der Waals surface area (Å²) in [6.07, 6.45) is 1.69. The third-order valence-electron chi connectivity index (χ3n) is 4.48. The summed E-state index contributed by atoms with van der Waals surface area (Å²) in [5.41, 5.74) is -0.240. The second-order valence-corrected chi connectivity index (χ2v) is 8.53. The van der Waals surface area contributed by atoms with Crippen molar-refractivity contribution in [2.75, 3.05) is 13.2 Å². The zero-order chi connectivity index (χ0) is 19.8. The number of nitrogens with zero attached hydrogens (tertiary/aromatic N) is 4. The second kappa shape index (κ2) is 7.77. The van der Waals surface area contributed by atoms with Crippen LogP contribution >= 0.6 is 34.7 Å². The van der Waals surface area contributed by atoms with Gasteiger partial charge in [-0.2, -0.15) is 18.8 Å². The van der Waals surface area contributed by atoms with E-state index in [4.69, 9.17) is 32.7 Å². The fourth-order valence-electron chi connectivity index (χ4n) is 3.06. The number of amides is 1. The normalized spacial score (nSPS) is 21.2. The SMILES string of the molecule is CCOc1cc(OCC)n2sc(=NC(=O)[C@@H]3[C@@H](C=C(Cl)Cl)C3(C)C)nc2n1. The van der Waals surface area contributed by atoms with E-state index in [0.29, 0.717) is 35.6 Å². The van der Waals surface area contributed by atoms with Gasteiger partial charge in [-0.3, -0.25) is 4.79 Å². The molecule has 0 N–H and O–H groups in total. The lowest BCUT2D eigenvalue weighted by Gasteiger charge is -2.07. The molecule has 2 aromatic rings. The lowest BCUT2D eigenvalue weighted by molar-refractivity contribution is -0.120. The number of ether oxygens (including phenoxy) is 2. The van der Waals surface area contributed by atoms with E-state index in [2.05, 4.69) is 15.0 Å². The minimum atomic E-state index is -0.277. The zero-order valence-corrected chi connectivity index (χ0v) is 17.7. The first-order valence-electron chi connectivity index (χ1n) is 8.56. The van der Waals surface area contributed by atoms with Crippen LogP contribution in [0.5, 0.6) is 11.8 Å². The smallest absolute Gasteiger partial charge is 0.252 e. The van der Waals surface area contributed by atoms with Crippen molar-refractivity contribution in [1.29, 1.82) is 0 Å². The Balaban J connectivity index is 1.96. The molecular weight excluding hydrogens is 411 g/mol. The number of fused-ring (bicyclic) bond motifs is 1. The van der Waals surface area contributed by atoms with Crippen molar-refractivity contribution >= 4 is 46.4 Å². The molecule has 146 valence electrons. The van der Waals surface area contributed by atoms with Gasteiger partial charge in [-0.1, -0.05) is 37.0 Å². The van der Waals surface area contributed by atoms with E-state index < -0.39 is 0 Å². The molecule has 0 saturated heterocycles. The summed E-state index contributed by atoms with van der Waals surface area (Å²) in [7, 11) is 0. The maximum absolute atomic E-state index is 12.6. The van der Waals surface area contributed by atoms with Crippen LogP contribution in [-0.2, 0) is 4.79 Å². The third-order valence-corrected chi connectivity index (χ3v) is 5.60. The van der Waals surface area contributed by atoms with Gasteiger partial charge in [0, 0.05) is 0 Å². The van der Waals surface area contributed by atoms with Crippen LogP contribution in [0.25, 0.3) is 5.78 Å². The maximum atomic E-state index is 12.6. The predicted molar refractivity (Wildman–Crippen MR) is 104 cm³/mol. The first kappa shape index (κ1) is 20.1. The third kappa shape index (κ3) is 4.12. The van der Waals surface area contributed by atoms with Crippen molar-refractivity contribution in [1.82, 2.24) is 13.8 Å². The lowest BCUT2D eigenvalue weighted by atomic mass is 10.1. The van der Waals surface area contributed by atoms with Crippen LogP contribution in [0.3, 0.4) is 0 Å². The molecular formula is C17H20Cl2N4O3S. The van der Waals surface area contributed by atoms with E-state index in [1.807, 2.05) is 27.7 Å². The van der Waals surface area contributed by atoms with Crippen LogP contribution in [0, 0.1) is 17.3 Å². The van der Waals surface area contributed by atoms with Gasteiger partial charge in [0.15, 0.2) is 0 Å². The van der Waals surface area contributed by atoms with E-state index in [-0.39, 0.29) is 27.6 Å². The summed E-state index contributed by atoms with van der Waals surface area (Å²) in [4.78, 5) is 25.8. The zero-order valence-electron chi connectivity index (χ0n) is 15.4. The number of carbonyl (C=O) groups is 1. The topological polar surface area (TPSA) is 78.1 Å². The Labute approximate surface area is 170 Å². The Bertz CT molecular complexity index is 963. The standard InChI is InChI=1S/C17H20Cl2N4O3S/c1-5-25-11-8-12(26-6-2)23-15(20-11)22-16(27-23)21-14(24)13-9(7-10(18)19)17(13,3)4/h7-9,13H,5-6H2,1-4H3/t9-,13+/m1/s1. The van der Waals surface area contributed by atoms with Gasteiger partial charge in [0.05, 0.1) is 25.2 Å². The largest absolute Gasteiger partial charge is 0.478 e. The van der Waals surface area contributed by atoms with Crippen molar-refractivity contribution in [3.63, 3.8) is 0 Å².